The van der Waals surface area contributed by atoms with E-state index in [2.05, 4.69) is 10.6 Å². The smallest absolute Gasteiger partial charge is 0.339 e. The molecule has 0 saturated heterocycles. The lowest BCUT2D eigenvalue weighted by atomic mass is 10.2. The molecule has 1 aromatic carbocycles. The number of hydrogen-bond donors (Lipinski definition) is 3. The molecule has 1 rings (SSSR count). The second-order valence-electron chi connectivity index (χ2n) is 4.36. The summed E-state index contributed by atoms with van der Waals surface area (Å²) in [6.07, 6.45) is 2.00. The third-order valence-electron chi connectivity index (χ3n) is 2.54. The van der Waals surface area contributed by atoms with Crippen molar-refractivity contribution in [2.45, 2.75) is 6.92 Å². The van der Waals surface area contributed by atoms with Crippen LogP contribution in [0.15, 0.2) is 18.2 Å². The maximum Gasteiger partial charge on any atom is 0.339 e. The number of carbonyl (C=O) groups excluding carboxylic acids is 1. The van der Waals surface area contributed by atoms with E-state index in [4.69, 9.17) is 16.7 Å². The minimum absolute atomic E-state index is 0.0889. The number of carboxylic acid groups (broad SMARTS) is 1. The average Bonchev–Trinajstić information content (AvgIpc) is 2.36. The lowest BCUT2D eigenvalue weighted by Crippen LogP contribution is -2.33. The number of halogens is 1. The van der Waals surface area contributed by atoms with Gasteiger partial charge in [0.25, 0.3) is 0 Å². The van der Waals surface area contributed by atoms with Crippen molar-refractivity contribution in [1.82, 2.24) is 5.32 Å². The van der Waals surface area contributed by atoms with E-state index in [0.29, 0.717) is 12.5 Å². The third-order valence-corrected chi connectivity index (χ3v) is 3.76. The lowest BCUT2D eigenvalue weighted by molar-refractivity contribution is 0.0698. The predicted octanol–water partition coefficient (Wildman–Crippen LogP) is 3.16. The zero-order valence-electron chi connectivity index (χ0n) is 11.3. The first kappa shape index (κ1) is 16.7. The van der Waals surface area contributed by atoms with Crippen molar-refractivity contribution in [2.75, 3.05) is 23.9 Å². The van der Waals surface area contributed by atoms with Gasteiger partial charge in [-0.25, -0.2) is 9.59 Å². The molecule has 0 aliphatic rings. The number of amides is 2. The Balaban J connectivity index is 2.67. The molecule has 0 fully saturated rings. The molecule has 0 aliphatic heterocycles. The van der Waals surface area contributed by atoms with Gasteiger partial charge < -0.3 is 15.7 Å². The topological polar surface area (TPSA) is 78.4 Å². The SMILES string of the molecule is CSCC(C)CNC(=O)Nc1cccc(Cl)c1C(=O)O. The van der Waals surface area contributed by atoms with Crippen LogP contribution in [0, 0.1) is 5.92 Å². The maximum absolute atomic E-state index is 11.7. The molecule has 0 saturated carbocycles. The van der Waals surface area contributed by atoms with Crippen molar-refractivity contribution in [2.24, 2.45) is 5.92 Å². The van der Waals surface area contributed by atoms with Crippen molar-refractivity contribution in [1.29, 1.82) is 0 Å². The van der Waals surface area contributed by atoms with Crippen molar-refractivity contribution < 1.29 is 14.7 Å². The van der Waals surface area contributed by atoms with E-state index in [9.17, 15) is 9.59 Å². The van der Waals surface area contributed by atoms with Crippen LogP contribution in [0.25, 0.3) is 0 Å². The van der Waals surface area contributed by atoms with Gasteiger partial charge in [-0.3, -0.25) is 0 Å². The number of rotatable bonds is 6. The Labute approximate surface area is 127 Å². The van der Waals surface area contributed by atoms with E-state index in [1.54, 1.807) is 17.8 Å². The van der Waals surface area contributed by atoms with Gasteiger partial charge >= 0.3 is 12.0 Å². The number of hydrogen-bond acceptors (Lipinski definition) is 3. The summed E-state index contributed by atoms with van der Waals surface area (Å²) in [5.74, 6) is 0.105. The van der Waals surface area contributed by atoms with Crippen LogP contribution < -0.4 is 10.6 Å². The Kier molecular flexibility index (Phi) is 6.67. The van der Waals surface area contributed by atoms with Gasteiger partial charge in [0.1, 0.15) is 5.56 Å². The Morgan fingerprint density at radius 2 is 2.15 bits per heavy atom. The van der Waals surface area contributed by atoms with Gasteiger partial charge in [-0.1, -0.05) is 24.6 Å². The fourth-order valence-corrected chi connectivity index (χ4v) is 2.56. The van der Waals surface area contributed by atoms with Crippen LogP contribution >= 0.6 is 23.4 Å². The molecule has 1 unspecified atom stereocenters. The monoisotopic (exact) mass is 316 g/mol. The molecule has 5 nitrogen and oxygen atoms in total. The molecule has 1 aromatic rings. The molecule has 0 radical (unpaired) electrons. The summed E-state index contributed by atoms with van der Waals surface area (Å²) in [7, 11) is 0. The average molecular weight is 317 g/mol. The zero-order chi connectivity index (χ0) is 15.1. The molecule has 0 spiro atoms. The molecule has 110 valence electrons. The Morgan fingerprint density at radius 1 is 1.45 bits per heavy atom. The molecule has 0 aromatic heterocycles. The number of carbonyl (C=O) groups is 2. The van der Waals surface area contributed by atoms with Crippen LogP contribution in [0.4, 0.5) is 10.5 Å². The maximum atomic E-state index is 11.7. The molecule has 0 bridgehead atoms. The fraction of sp³-hybridized carbons (Fsp3) is 0.385. The van der Waals surface area contributed by atoms with E-state index in [1.807, 2.05) is 13.2 Å². The first-order chi connectivity index (χ1) is 9.45. The molecular weight excluding hydrogens is 300 g/mol. The van der Waals surface area contributed by atoms with E-state index in [1.165, 1.54) is 12.1 Å². The van der Waals surface area contributed by atoms with Crippen LogP contribution in [0.1, 0.15) is 17.3 Å². The molecule has 1 atom stereocenters. The number of carboxylic acids is 1. The summed E-state index contributed by atoms with van der Waals surface area (Å²) in [5.41, 5.74) is 0.0708. The van der Waals surface area contributed by atoms with E-state index < -0.39 is 12.0 Å². The van der Waals surface area contributed by atoms with Crippen molar-refractivity contribution in [3.63, 3.8) is 0 Å². The highest BCUT2D eigenvalue weighted by Crippen LogP contribution is 2.24. The van der Waals surface area contributed by atoms with Crippen molar-refractivity contribution in [3.05, 3.63) is 28.8 Å². The standard InChI is InChI=1S/C13H17ClN2O3S/c1-8(7-20-2)6-15-13(19)16-10-5-3-4-9(14)11(10)12(17)18/h3-5,8H,6-7H2,1-2H3,(H,17,18)(H2,15,16,19). The van der Waals surface area contributed by atoms with Crippen LogP contribution in [0.5, 0.6) is 0 Å². The summed E-state index contributed by atoms with van der Waals surface area (Å²) in [5, 5.41) is 14.4. The summed E-state index contributed by atoms with van der Waals surface area (Å²) in [4.78, 5) is 22.9. The quantitative estimate of drug-likeness (QED) is 0.753. The number of urea groups is 1. The summed E-state index contributed by atoms with van der Waals surface area (Å²) < 4.78 is 0. The van der Waals surface area contributed by atoms with Gasteiger partial charge in [0, 0.05) is 6.54 Å². The largest absolute Gasteiger partial charge is 0.478 e. The molecule has 2 amide bonds. The predicted molar refractivity (Wildman–Crippen MR) is 83.0 cm³/mol. The Morgan fingerprint density at radius 3 is 2.75 bits per heavy atom. The number of benzene rings is 1. The number of thioether (sulfide) groups is 1. The normalized spacial score (nSPS) is 11.8. The molecule has 3 N–H and O–H groups in total. The van der Waals surface area contributed by atoms with Crippen LogP contribution in [0.3, 0.4) is 0 Å². The fourth-order valence-electron chi connectivity index (χ4n) is 1.62. The highest BCUT2D eigenvalue weighted by Gasteiger charge is 2.16. The van der Waals surface area contributed by atoms with E-state index in [-0.39, 0.29) is 16.3 Å². The van der Waals surface area contributed by atoms with Crippen molar-refractivity contribution in [3.8, 4) is 0 Å². The van der Waals surface area contributed by atoms with Crippen LogP contribution in [-0.4, -0.2) is 35.7 Å². The van der Waals surface area contributed by atoms with E-state index >= 15 is 0 Å². The molecule has 0 aliphatic carbocycles. The first-order valence-electron chi connectivity index (χ1n) is 6.01. The first-order valence-corrected chi connectivity index (χ1v) is 7.78. The highest BCUT2D eigenvalue weighted by molar-refractivity contribution is 7.98. The van der Waals surface area contributed by atoms with Gasteiger partial charge in [-0.15, -0.1) is 0 Å². The summed E-state index contributed by atoms with van der Waals surface area (Å²) in [6, 6.07) is 4.11. The molecular formula is C13H17ClN2O3S. The Bertz CT molecular complexity index is 497. The van der Waals surface area contributed by atoms with Crippen LogP contribution in [-0.2, 0) is 0 Å². The van der Waals surface area contributed by atoms with Gasteiger partial charge in [0.05, 0.1) is 10.7 Å². The number of nitrogens with one attached hydrogen (secondary N) is 2. The van der Waals surface area contributed by atoms with Crippen molar-refractivity contribution >= 4 is 41.1 Å². The molecule has 0 heterocycles. The number of aromatic carboxylic acids is 1. The Hall–Kier alpha value is -1.40. The second-order valence-corrected chi connectivity index (χ2v) is 5.68. The lowest BCUT2D eigenvalue weighted by Gasteiger charge is -2.13. The summed E-state index contributed by atoms with van der Waals surface area (Å²) in [6.45, 7) is 2.55. The van der Waals surface area contributed by atoms with Gasteiger partial charge in [-0.2, -0.15) is 11.8 Å². The van der Waals surface area contributed by atoms with Gasteiger partial charge in [-0.05, 0) is 30.1 Å². The number of anilines is 1. The third kappa shape index (κ3) is 4.94. The molecule has 7 heteroatoms. The van der Waals surface area contributed by atoms with Gasteiger partial charge in [0.2, 0.25) is 0 Å². The van der Waals surface area contributed by atoms with Gasteiger partial charge in [0.15, 0.2) is 0 Å². The van der Waals surface area contributed by atoms with E-state index in [0.717, 1.165) is 5.75 Å². The highest BCUT2D eigenvalue weighted by atomic mass is 35.5. The minimum Gasteiger partial charge on any atom is -0.478 e. The second kappa shape index (κ2) is 8.01. The summed E-state index contributed by atoms with van der Waals surface area (Å²) >= 11 is 7.53. The zero-order valence-corrected chi connectivity index (χ0v) is 12.8. The minimum atomic E-state index is -1.18. The van der Waals surface area contributed by atoms with Crippen LogP contribution in [0.2, 0.25) is 5.02 Å². The molecule has 20 heavy (non-hydrogen) atoms.